The molecule has 1 atom stereocenters. The number of piperidine rings is 1. The van der Waals surface area contributed by atoms with Crippen LogP contribution in [0.5, 0.6) is 17.2 Å². The summed E-state index contributed by atoms with van der Waals surface area (Å²) in [5.74, 6) is -0.270. The molecule has 8 rings (SSSR count). The fourth-order valence-corrected chi connectivity index (χ4v) is 9.52. The molecule has 16 nitrogen and oxygen atoms in total. The molecule has 4 aliphatic heterocycles. The van der Waals surface area contributed by atoms with Gasteiger partial charge in [0.05, 0.1) is 44.1 Å². The van der Waals surface area contributed by atoms with Gasteiger partial charge >= 0.3 is 6.03 Å². The fourth-order valence-electron chi connectivity index (χ4n) is 9.52. The lowest BCUT2D eigenvalue weighted by molar-refractivity contribution is -0.136. The van der Waals surface area contributed by atoms with Gasteiger partial charge in [-0.25, -0.2) is 4.79 Å². The molecule has 1 aliphatic carbocycles. The molecule has 1 aromatic heterocycles. The van der Waals surface area contributed by atoms with Crippen molar-refractivity contribution in [2.75, 3.05) is 61.1 Å². The highest BCUT2D eigenvalue weighted by Crippen LogP contribution is 2.48. The van der Waals surface area contributed by atoms with Gasteiger partial charge in [0, 0.05) is 69.6 Å². The molecule has 5 heterocycles. The summed E-state index contributed by atoms with van der Waals surface area (Å²) in [5, 5.41) is 5.43. The summed E-state index contributed by atoms with van der Waals surface area (Å²) in [6, 6.07) is 7.67. The van der Waals surface area contributed by atoms with Crippen LogP contribution in [0.2, 0.25) is 0 Å². The van der Waals surface area contributed by atoms with E-state index in [-0.39, 0.29) is 53.6 Å². The Bertz CT molecular complexity index is 2270. The molecule has 2 aromatic carbocycles. The average molecular weight is 810 g/mol. The lowest BCUT2D eigenvalue weighted by Gasteiger charge is -2.59. The van der Waals surface area contributed by atoms with Gasteiger partial charge in [0.15, 0.2) is 0 Å². The first-order valence-corrected chi connectivity index (χ1v) is 20.2. The van der Waals surface area contributed by atoms with E-state index in [1.165, 1.54) is 0 Å². The Morgan fingerprint density at radius 1 is 0.932 bits per heavy atom. The molecule has 2 saturated heterocycles. The third-order valence-electron chi connectivity index (χ3n) is 12.4. The number of amides is 6. The van der Waals surface area contributed by atoms with Crippen LogP contribution in [0.25, 0.3) is 11.1 Å². The van der Waals surface area contributed by atoms with Crippen molar-refractivity contribution in [3.63, 3.8) is 0 Å². The Kier molecular flexibility index (Phi) is 10.7. The van der Waals surface area contributed by atoms with Gasteiger partial charge in [-0.05, 0) is 93.1 Å². The van der Waals surface area contributed by atoms with Crippen molar-refractivity contribution in [1.82, 2.24) is 34.8 Å². The lowest BCUT2D eigenvalue weighted by atomic mass is 9.60. The number of carbonyl (C=O) groups excluding carboxylic acids is 5. The van der Waals surface area contributed by atoms with Crippen molar-refractivity contribution in [1.29, 1.82) is 0 Å². The number of rotatable bonds is 12. The molecular weight excluding hydrogens is 759 g/mol. The molecular formula is C43H51N7O9. The SMILES string of the molecule is COc1cc(-c2cn(C)c(=O)c3c2CCN(C(=O)NC2CC4(C2)CN(CCCOc2ccc5c(c2)C(=O)N(C2CCC(=O)NC2=O)C5=O)C4)C3)cc(OC)c1CN(C)C. The van der Waals surface area contributed by atoms with Gasteiger partial charge in [-0.2, -0.15) is 0 Å². The molecule has 312 valence electrons. The van der Waals surface area contributed by atoms with Gasteiger partial charge in [0.1, 0.15) is 23.3 Å². The third-order valence-corrected chi connectivity index (χ3v) is 12.4. The number of carbonyl (C=O) groups is 5. The number of aromatic nitrogens is 1. The highest BCUT2D eigenvalue weighted by Gasteiger charge is 2.52. The number of aryl methyl sites for hydroxylation is 1. The summed E-state index contributed by atoms with van der Waals surface area (Å²) in [6.07, 6.45) is 5.18. The zero-order valence-electron chi connectivity index (χ0n) is 34.2. The van der Waals surface area contributed by atoms with E-state index in [1.54, 1.807) is 48.9 Å². The van der Waals surface area contributed by atoms with Crippen LogP contribution in [-0.2, 0) is 36.1 Å². The Morgan fingerprint density at radius 2 is 1.64 bits per heavy atom. The number of nitrogens with zero attached hydrogens (tertiary/aromatic N) is 5. The largest absolute Gasteiger partial charge is 0.496 e. The summed E-state index contributed by atoms with van der Waals surface area (Å²) in [4.78, 5) is 84.1. The predicted octanol–water partition coefficient (Wildman–Crippen LogP) is 2.53. The zero-order chi connectivity index (χ0) is 41.7. The van der Waals surface area contributed by atoms with E-state index in [9.17, 15) is 28.8 Å². The lowest BCUT2D eigenvalue weighted by Crippen LogP contribution is -2.67. The smallest absolute Gasteiger partial charge is 0.317 e. The monoisotopic (exact) mass is 809 g/mol. The number of fused-ring (bicyclic) bond motifs is 2. The molecule has 3 aromatic rings. The van der Waals surface area contributed by atoms with Crippen molar-refractivity contribution >= 4 is 29.7 Å². The van der Waals surface area contributed by atoms with Crippen LogP contribution in [-0.4, -0.2) is 127 Å². The minimum absolute atomic E-state index is 0.0659. The normalized spacial score (nSPS) is 19.9. The highest BCUT2D eigenvalue weighted by atomic mass is 16.5. The summed E-state index contributed by atoms with van der Waals surface area (Å²) >= 11 is 0. The van der Waals surface area contributed by atoms with Crippen LogP contribution in [0.1, 0.15) is 69.5 Å². The van der Waals surface area contributed by atoms with Gasteiger partial charge in [0.25, 0.3) is 17.4 Å². The number of hydrogen-bond acceptors (Lipinski definition) is 11. The minimum Gasteiger partial charge on any atom is -0.496 e. The average Bonchev–Trinajstić information content (AvgIpc) is 3.43. The van der Waals surface area contributed by atoms with E-state index in [0.717, 1.165) is 66.1 Å². The molecule has 1 saturated carbocycles. The number of hydrogen-bond donors (Lipinski definition) is 2. The Hall–Kier alpha value is -5.74. The highest BCUT2D eigenvalue weighted by molar-refractivity contribution is 6.23. The third kappa shape index (κ3) is 7.55. The topological polar surface area (TPSA) is 172 Å². The van der Waals surface area contributed by atoms with Crippen LogP contribution in [0, 0.1) is 5.41 Å². The molecule has 1 spiro atoms. The van der Waals surface area contributed by atoms with Crippen molar-refractivity contribution in [3.05, 3.63) is 74.7 Å². The second-order valence-corrected chi connectivity index (χ2v) is 16.8. The quantitative estimate of drug-likeness (QED) is 0.204. The minimum atomic E-state index is -1.01. The molecule has 2 N–H and O–H groups in total. The van der Waals surface area contributed by atoms with Gasteiger partial charge in [0.2, 0.25) is 11.8 Å². The molecule has 3 fully saturated rings. The molecule has 6 amide bonds. The van der Waals surface area contributed by atoms with E-state index < -0.39 is 29.7 Å². The second kappa shape index (κ2) is 15.8. The zero-order valence-corrected chi connectivity index (χ0v) is 34.2. The maximum absolute atomic E-state index is 13.5. The molecule has 5 aliphatic rings. The first-order chi connectivity index (χ1) is 28.3. The van der Waals surface area contributed by atoms with Gasteiger partial charge in [-0.15, -0.1) is 0 Å². The molecule has 16 heteroatoms. The van der Waals surface area contributed by atoms with Crippen molar-refractivity contribution < 1.29 is 38.2 Å². The number of urea groups is 1. The van der Waals surface area contributed by atoms with E-state index in [0.29, 0.717) is 48.9 Å². The summed E-state index contributed by atoms with van der Waals surface area (Å²) in [6.45, 7) is 4.55. The Morgan fingerprint density at radius 3 is 2.32 bits per heavy atom. The van der Waals surface area contributed by atoms with Crippen LogP contribution in [0.3, 0.4) is 0 Å². The van der Waals surface area contributed by atoms with E-state index >= 15 is 0 Å². The first kappa shape index (κ1) is 40.1. The number of likely N-dealkylation sites (tertiary alicyclic amines) is 1. The molecule has 0 radical (unpaired) electrons. The standard InChI is InChI=1S/C43H51N7O9/c1-46(2)20-33-35(57-4)15-25(16-36(33)58-5)31-21-47(3)39(53)32-22-49(13-11-28(31)32)42(56)44-26-18-43(19-26)23-48(24-43)12-6-14-59-27-7-8-29-30(17-27)41(55)50(40(29)54)34-9-10-37(51)45-38(34)52/h7-8,15-17,21,26,34H,6,9-14,18-20,22-24H2,1-5H3,(H,44,56)(H,45,51,52). The van der Waals surface area contributed by atoms with Gasteiger partial charge < -0.3 is 38.8 Å². The summed E-state index contributed by atoms with van der Waals surface area (Å²) < 4.78 is 19.1. The summed E-state index contributed by atoms with van der Waals surface area (Å²) in [5.41, 5.74) is 4.84. The van der Waals surface area contributed by atoms with E-state index in [1.807, 2.05) is 32.4 Å². The predicted molar refractivity (Wildman–Crippen MR) is 215 cm³/mol. The Labute approximate surface area is 342 Å². The van der Waals surface area contributed by atoms with Gasteiger partial charge in [-0.3, -0.25) is 34.2 Å². The number of imide groups is 2. The maximum Gasteiger partial charge on any atom is 0.317 e. The number of ether oxygens (including phenoxy) is 3. The van der Waals surface area contributed by atoms with Crippen molar-refractivity contribution in [2.24, 2.45) is 12.5 Å². The number of pyridine rings is 1. The maximum atomic E-state index is 13.5. The fraction of sp³-hybridized carbons (Fsp3) is 0.488. The molecule has 1 unspecified atom stereocenters. The van der Waals surface area contributed by atoms with Crippen LogP contribution >= 0.6 is 0 Å². The number of nitrogens with one attached hydrogen (secondary N) is 2. The second-order valence-electron chi connectivity index (χ2n) is 16.8. The number of benzene rings is 2. The first-order valence-electron chi connectivity index (χ1n) is 20.2. The molecule has 59 heavy (non-hydrogen) atoms. The van der Waals surface area contributed by atoms with Crippen molar-refractivity contribution in [3.8, 4) is 28.4 Å². The van der Waals surface area contributed by atoms with Crippen LogP contribution < -0.4 is 30.4 Å². The summed E-state index contributed by atoms with van der Waals surface area (Å²) in [7, 11) is 9.01. The van der Waals surface area contributed by atoms with Crippen LogP contribution in [0.15, 0.2) is 41.3 Å². The molecule has 0 bridgehead atoms. The van der Waals surface area contributed by atoms with Crippen LogP contribution in [0.4, 0.5) is 4.79 Å². The van der Waals surface area contributed by atoms with E-state index in [4.69, 9.17) is 14.2 Å². The number of methoxy groups -OCH3 is 2. The Balaban J connectivity index is 0.798. The van der Waals surface area contributed by atoms with E-state index in [2.05, 4.69) is 20.4 Å². The van der Waals surface area contributed by atoms with Crippen molar-refractivity contribution in [2.45, 2.75) is 63.7 Å². The van der Waals surface area contributed by atoms with Gasteiger partial charge in [-0.1, -0.05) is 0 Å².